The molecule has 0 fully saturated rings. The summed E-state index contributed by atoms with van der Waals surface area (Å²) in [6.07, 6.45) is 6.73. The molecule has 0 unspecified atom stereocenters. The number of benzene rings is 1. The van der Waals surface area contributed by atoms with Crippen molar-refractivity contribution in [2.45, 2.75) is 19.8 Å². The van der Waals surface area contributed by atoms with Crippen molar-refractivity contribution in [1.29, 1.82) is 0 Å². The van der Waals surface area contributed by atoms with E-state index >= 15 is 0 Å². The van der Waals surface area contributed by atoms with E-state index < -0.39 is 6.86 Å². The first-order chi connectivity index (χ1) is 16.7. The van der Waals surface area contributed by atoms with E-state index in [9.17, 15) is 4.39 Å². The second kappa shape index (κ2) is 10.0. The minimum atomic E-state index is -0.856. The van der Waals surface area contributed by atoms with Crippen LogP contribution in [0, 0.1) is 6.92 Å². The second-order valence-corrected chi connectivity index (χ2v) is 9.08. The lowest BCUT2D eigenvalue weighted by atomic mass is 10.1. The zero-order valence-corrected chi connectivity index (χ0v) is 19.4. The molecule has 0 atom stereocenters. The van der Waals surface area contributed by atoms with Gasteiger partial charge in [0.25, 0.3) is 0 Å². The number of halogens is 1. The highest BCUT2D eigenvalue weighted by Gasteiger charge is 2.12. The standard InChI is InChI=1S/C26H23FN4O2S/c1-17-13-22-25(30-24(31-26(22)34-17)20-10-12-32-15-20)28-11-2-3-18-4-6-19(7-5-18)23-9-8-21(14-29-23)33-16-27/h4-10,12-15H,2-3,11,16H2,1H3,(H,28,30,31). The molecule has 172 valence electrons. The molecule has 0 aliphatic carbocycles. The van der Waals surface area contributed by atoms with Crippen molar-refractivity contribution in [2.75, 3.05) is 18.7 Å². The van der Waals surface area contributed by atoms with Gasteiger partial charge in [-0.3, -0.25) is 4.98 Å². The van der Waals surface area contributed by atoms with Gasteiger partial charge in [0.15, 0.2) is 5.82 Å². The fraction of sp³-hybridized carbons (Fsp3) is 0.192. The van der Waals surface area contributed by atoms with Gasteiger partial charge in [0, 0.05) is 17.0 Å². The third-order valence-electron chi connectivity index (χ3n) is 5.44. The number of furan rings is 1. The number of rotatable bonds is 9. The maximum absolute atomic E-state index is 12.3. The highest BCUT2D eigenvalue weighted by Crippen LogP contribution is 2.31. The molecule has 5 aromatic rings. The molecule has 0 aliphatic heterocycles. The average Bonchev–Trinajstić information content (AvgIpc) is 3.52. The van der Waals surface area contributed by atoms with Crippen LogP contribution in [0.15, 0.2) is 71.7 Å². The van der Waals surface area contributed by atoms with Gasteiger partial charge in [-0.1, -0.05) is 24.3 Å². The number of anilines is 1. The summed E-state index contributed by atoms with van der Waals surface area (Å²) in [5.41, 5.74) is 3.96. The Morgan fingerprint density at radius 1 is 1.06 bits per heavy atom. The van der Waals surface area contributed by atoms with Crippen molar-refractivity contribution in [3.63, 3.8) is 0 Å². The fourth-order valence-electron chi connectivity index (χ4n) is 3.74. The zero-order valence-electron chi connectivity index (χ0n) is 18.6. The van der Waals surface area contributed by atoms with E-state index in [4.69, 9.17) is 19.1 Å². The first-order valence-electron chi connectivity index (χ1n) is 11.0. The van der Waals surface area contributed by atoms with Crippen LogP contribution >= 0.6 is 11.3 Å². The van der Waals surface area contributed by atoms with Crippen LogP contribution in [0.2, 0.25) is 0 Å². The molecule has 0 spiro atoms. The van der Waals surface area contributed by atoms with E-state index in [0.717, 1.165) is 52.2 Å². The molecule has 0 saturated carbocycles. The maximum Gasteiger partial charge on any atom is 0.228 e. The summed E-state index contributed by atoms with van der Waals surface area (Å²) < 4.78 is 22.3. The van der Waals surface area contributed by atoms with Gasteiger partial charge >= 0.3 is 0 Å². The number of alkyl halides is 1. The minimum absolute atomic E-state index is 0.422. The van der Waals surface area contributed by atoms with E-state index in [0.29, 0.717) is 11.6 Å². The number of nitrogens with zero attached hydrogens (tertiary/aromatic N) is 3. The lowest BCUT2D eigenvalue weighted by molar-refractivity contribution is 0.191. The predicted octanol–water partition coefficient (Wildman–Crippen LogP) is 6.67. The largest absolute Gasteiger partial charge is 0.472 e. The molecule has 8 heteroatoms. The van der Waals surface area contributed by atoms with Crippen LogP contribution in [0.3, 0.4) is 0 Å². The van der Waals surface area contributed by atoms with Crippen molar-refractivity contribution in [2.24, 2.45) is 0 Å². The molecule has 34 heavy (non-hydrogen) atoms. The quantitative estimate of drug-likeness (QED) is 0.241. The molecule has 0 radical (unpaired) electrons. The number of hydrogen-bond donors (Lipinski definition) is 1. The van der Waals surface area contributed by atoms with Gasteiger partial charge in [-0.25, -0.2) is 14.4 Å². The molecule has 0 amide bonds. The van der Waals surface area contributed by atoms with Crippen LogP contribution in [0.1, 0.15) is 16.9 Å². The molecule has 4 aromatic heterocycles. The lowest BCUT2D eigenvalue weighted by Gasteiger charge is -2.09. The summed E-state index contributed by atoms with van der Waals surface area (Å²) in [6, 6.07) is 15.9. The second-order valence-electron chi connectivity index (χ2n) is 7.84. The van der Waals surface area contributed by atoms with E-state index in [2.05, 4.69) is 47.6 Å². The Bertz CT molecular complexity index is 1370. The average molecular weight is 475 g/mol. The Morgan fingerprint density at radius 3 is 2.68 bits per heavy atom. The highest BCUT2D eigenvalue weighted by atomic mass is 32.1. The first-order valence-corrected chi connectivity index (χ1v) is 11.8. The summed E-state index contributed by atoms with van der Waals surface area (Å²) in [7, 11) is 0. The van der Waals surface area contributed by atoms with E-state index in [1.165, 1.54) is 16.6 Å². The summed E-state index contributed by atoms with van der Waals surface area (Å²) in [5.74, 6) is 1.94. The molecule has 0 saturated heterocycles. The molecule has 6 nitrogen and oxygen atoms in total. The van der Waals surface area contributed by atoms with Crippen LogP contribution in [0.4, 0.5) is 10.2 Å². The fourth-order valence-corrected chi connectivity index (χ4v) is 4.62. The van der Waals surface area contributed by atoms with Crippen molar-refractivity contribution in [3.05, 3.63) is 77.7 Å². The first kappa shape index (κ1) is 22.0. The molecule has 0 aliphatic rings. The highest BCUT2D eigenvalue weighted by molar-refractivity contribution is 7.18. The Morgan fingerprint density at radius 2 is 1.94 bits per heavy atom. The van der Waals surface area contributed by atoms with Crippen molar-refractivity contribution in [1.82, 2.24) is 15.0 Å². The topological polar surface area (TPSA) is 73.1 Å². The molecule has 0 bridgehead atoms. The number of aromatic nitrogens is 3. The Kier molecular flexibility index (Phi) is 6.49. The van der Waals surface area contributed by atoms with Crippen molar-refractivity contribution >= 4 is 27.4 Å². The normalized spacial score (nSPS) is 11.1. The molecular formula is C26H23FN4O2S. The van der Waals surface area contributed by atoms with Gasteiger partial charge in [0.05, 0.1) is 29.1 Å². The Hall–Kier alpha value is -3.78. The van der Waals surface area contributed by atoms with Gasteiger partial charge < -0.3 is 14.5 Å². The summed E-state index contributed by atoms with van der Waals surface area (Å²) in [5, 5.41) is 4.55. The molecular weight excluding hydrogens is 451 g/mol. The molecule has 1 aromatic carbocycles. The molecule has 1 N–H and O–H groups in total. The Labute approximate surface area is 200 Å². The number of thiophene rings is 1. The van der Waals surface area contributed by atoms with Crippen molar-refractivity contribution < 1.29 is 13.5 Å². The summed E-state index contributed by atoms with van der Waals surface area (Å²) in [4.78, 5) is 16.0. The number of nitrogens with one attached hydrogen (secondary N) is 1. The third kappa shape index (κ3) is 4.92. The smallest absolute Gasteiger partial charge is 0.228 e. The predicted molar refractivity (Wildman–Crippen MR) is 133 cm³/mol. The SMILES string of the molecule is Cc1cc2c(NCCCc3ccc(-c4ccc(OCF)cn4)cc3)nc(-c3ccoc3)nc2s1. The van der Waals surface area contributed by atoms with Crippen LogP contribution in [0.25, 0.3) is 32.9 Å². The van der Waals surface area contributed by atoms with Crippen LogP contribution in [-0.2, 0) is 6.42 Å². The lowest BCUT2D eigenvalue weighted by Crippen LogP contribution is -2.06. The summed E-state index contributed by atoms with van der Waals surface area (Å²) >= 11 is 1.67. The zero-order chi connectivity index (χ0) is 23.3. The van der Waals surface area contributed by atoms with Gasteiger partial charge in [-0.15, -0.1) is 11.3 Å². The maximum atomic E-state index is 12.3. The Balaban J connectivity index is 1.21. The van der Waals surface area contributed by atoms with Crippen LogP contribution in [-0.4, -0.2) is 28.4 Å². The monoisotopic (exact) mass is 474 g/mol. The number of fused-ring (bicyclic) bond motifs is 1. The van der Waals surface area contributed by atoms with Crippen molar-refractivity contribution in [3.8, 4) is 28.4 Å². The van der Waals surface area contributed by atoms with E-state index in [-0.39, 0.29) is 0 Å². The van der Waals surface area contributed by atoms with Gasteiger partial charge in [0.2, 0.25) is 6.86 Å². The van der Waals surface area contributed by atoms with Crippen LogP contribution in [0.5, 0.6) is 5.75 Å². The third-order valence-corrected chi connectivity index (χ3v) is 6.38. The van der Waals surface area contributed by atoms with Crippen LogP contribution < -0.4 is 10.1 Å². The number of aryl methyl sites for hydroxylation is 2. The number of pyridine rings is 1. The number of hydrogen-bond acceptors (Lipinski definition) is 7. The minimum Gasteiger partial charge on any atom is -0.472 e. The van der Waals surface area contributed by atoms with Gasteiger partial charge in [-0.05, 0) is 49.6 Å². The van der Waals surface area contributed by atoms with E-state index in [1.807, 2.05) is 12.1 Å². The summed E-state index contributed by atoms with van der Waals surface area (Å²) in [6.45, 7) is 2.02. The van der Waals surface area contributed by atoms with E-state index in [1.54, 1.807) is 29.9 Å². The number of ether oxygens (including phenoxy) is 1. The van der Waals surface area contributed by atoms with Gasteiger partial charge in [0.1, 0.15) is 22.7 Å². The van der Waals surface area contributed by atoms with Gasteiger partial charge in [-0.2, -0.15) is 0 Å². The molecule has 5 rings (SSSR count). The molecule has 4 heterocycles.